The zero-order valence-electron chi connectivity index (χ0n) is 8.53. The van der Waals surface area contributed by atoms with E-state index in [0.29, 0.717) is 0 Å². The third-order valence-electron chi connectivity index (χ3n) is 2.02. The van der Waals surface area contributed by atoms with Gasteiger partial charge in [0, 0.05) is 11.3 Å². The normalized spacial score (nSPS) is 11.4. The Kier molecular flexibility index (Phi) is 3.79. The molecule has 0 heterocycles. The van der Waals surface area contributed by atoms with E-state index in [0.717, 1.165) is 12.1 Å². The van der Waals surface area contributed by atoms with Gasteiger partial charge in [-0.1, -0.05) is 6.07 Å². The number of halogens is 3. The lowest BCUT2D eigenvalue weighted by atomic mass is 9.75. The van der Waals surface area contributed by atoms with Crippen molar-refractivity contribution < 1.29 is 28.0 Å². The zero-order chi connectivity index (χ0) is 13.2. The Bertz CT molecular complexity index is 434. The van der Waals surface area contributed by atoms with Gasteiger partial charge in [0.15, 0.2) is 5.78 Å². The van der Waals surface area contributed by atoms with Gasteiger partial charge in [0.05, 0.1) is 0 Å². The number of benzene rings is 1. The van der Waals surface area contributed by atoms with Crippen LogP contribution in [0.5, 0.6) is 0 Å². The monoisotopic (exact) mass is 247 g/mol. The predicted octanol–water partition coefficient (Wildman–Crippen LogP) is 0.0837. The number of rotatable bonds is 3. The van der Waals surface area contributed by atoms with Crippen LogP contribution in [-0.4, -0.2) is 29.1 Å². The maximum atomic E-state index is 12.0. The summed E-state index contributed by atoms with van der Waals surface area (Å²) in [7, 11) is -2.03. The van der Waals surface area contributed by atoms with Crippen LogP contribution < -0.4 is 11.2 Å². The lowest BCUT2D eigenvalue weighted by Crippen LogP contribution is -2.35. The van der Waals surface area contributed by atoms with E-state index in [4.69, 9.17) is 15.8 Å². The van der Waals surface area contributed by atoms with Crippen LogP contribution in [0.25, 0.3) is 0 Å². The predicted molar refractivity (Wildman–Crippen MR) is 55.7 cm³/mol. The van der Waals surface area contributed by atoms with Crippen molar-refractivity contribution in [2.24, 2.45) is 0 Å². The van der Waals surface area contributed by atoms with E-state index in [9.17, 15) is 18.0 Å². The van der Waals surface area contributed by atoms with Crippen molar-refractivity contribution in [3.05, 3.63) is 23.8 Å². The third kappa shape index (κ3) is 3.75. The molecule has 0 unspecified atom stereocenters. The topological polar surface area (TPSA) is 83.6 Å². The van der Waals surface area contributed by atoms with E-state index in [1.54, 1.807) is 0 Å². The van der Waals surface area contributed by atoms with Crippen LogP contribution in [0.2, 0.25) is 0 Å². The van der Waals surface area contributed by atoms with Crippen LogP contribution >= 0.6 is 0 Å². The Labute approximate surface area is 95.0 Å². The third-order valence-corrected chi connectivity index (χ3v) is 2.02. The van der Waals surface area contributed by atoms with Gasteiger partial charge in [-0.25, -0.2) is 0 Å². The fraction of sp³-hybridized carbons (Fsp3) is 0.222. The number of anilines is 1. The molecule has 92 valence electrons. The highest BCUT2D eigenvalue weighted by atomic mass is 19.4. The molecular weight excluding hydrogens is 238 g/mol. The maximum absolute atomic E-state index is 12.0. The van der Waals surface area contributed by atoms with Crippen molar-refractivity contribution >= 4 is 24.1 Å². The van der Waals surface area contributed by atoms with Gasteiger partial charge in [-0.2, -0.15) is 13.2 Å². The van der Waals surface area contributed by atoms with Gasteiger partial charge in [0.25, 0.3) is 0 Å². The first-order chi connectivity index (χ1) is 7.70. The lowest BCUT2D eigenvalue weighted by molar-refractivity contribution is -0.125. The molecule has 1 aromatic rings. The zero-order valence-corrected chi connectivity index (χ0v) is 8.53. The molecule has 0 aliphatic rings. The van der Waals surface area contributed by atoms with Crippen LogP contribution in [0.1, 0.15) is 16.8 Å². The largest absolute Gasteiger partial charge is 0.489 e. The number of hydrogen-bond acceptors (Lipinski definition) is 4. The summed E-state index contributed by atoms with van der Waals surface area (Å²) in [4.78, 5) is 11.3. The Morgan fingerprint density at radius 2 is 1.94 bits per heavy atom. The number of carbonyl (C=O) groups excluding carboxylic acids is 1. The van der Waals surface area contributed by atoms with Crippen LogP contribution in [0.4, 0.5) is 18.9 Å². The van der Waals surface area contributed by atoms with Gasteiger partial charge in [0.1, 0.15) is 6.42 Å². The number of hydrogen-bond donors (Lipinski definition) is 3. The average molecular weight is 247 g/mol. The Morgan fingerprint density at radius 1 is 1.35 bits per heavy atom. The molecule has 4 nitrogen and oxygen atoms in total. The van der Waals surface area contributed by atoms with Crippen LogP contribution in [-0.2, 0) is 0 Å². The number of Topliss-reactive ketones (excluding diaryl/α,β-unsaturated/α-hetero) is 1. The molecule has 0 atom stereocenters. The second-order valence-electron chi connectivity index (χ2n) is 3.44. The summed E-state index contributed by atoms with van der Waals surface area (Å²) in [6, 6.07) is 3.35. The van der Waals surface area contributed by atoms with E-state index in [2.05, 4.69) is 0 Å². The first-order valence-electron chi connectivity index (χ1n) is 4.56. The number of nitrogen functional groups attached to an aromatic ring is 1. The average Bonchev–Trinajstić information content (AvgIpc) is 2.14. The smallest absolute Gasteiger partial charge is 0.423 e. The molecule has 0 aliphatic heterocycles. The maximum Gasteiger partial charge on any atom is 0.489 e. The second kappa shape index (κ2) is 4.76. The number of ketones is 1. The molecule has 0 fully saturated rings. The van der Waals surface area contributed by atoms with E-state index in [1.807, 2.05) is 0 Å². The minimum Gasteiger partial charge on any atom is -0.423 e. The first-order valence-corrected chi connectivity index (χ1v) is 4.56. The van der Waals surface area contributed by atoms with E-state index < -0.39 is 31.1 Å². The first kappa shape index (κ1) is 13.5. The Morgan fingerprint density at radius 3 is 2.41 bits per heavy atom. The molecule has 0 saturated carbocycles. The fourth-order valence-corrected chi connectivity index (χ4v) is 1.32. The SMILES string of the molecule is Nc1ccc(B(O)O)c(C(=O)CC(F)(F)F)c1. The van der Waals surface area contributed by atoms with E-state index in [1.165, 1.54) is 6.07 Å². The quantitative estimate of drug-likeness (QED) is 0.401. The number of alkyl halides is 3. The van der Waals surface area contributed by atoms with Gasteiger partial charge in [-0.15, -0.1) is 0 Å². The summed E-state index contributed by atoms with van der Waals surface area (Å²) in [6.45, 7) is 0. The van der Waals surface area contributed by atoms with Gasteiger partial charge in [-0.3, -0.25) is 4.79 Å². The lowest BCUT2D eigenvalue weighted by Gasteiger charge is -2.10. The van der Waals surface area contributed by atoms with Gasteiger partial charge < -0.3 is 15.8 Å². The minimum atomic E-state index is -4.65. The van der Waals surface area contributed by atoms with E-state index in [-0.39, 0.29) is 11.2 Å². The summed E-state index contributed by atoms with van der Waals surface area (Å²) in [5.41, 5.74) is 4.67. The molecule has 0 aliphatic carbocycles. The molecule has 1 rings (SSSR count). The van der Waals surface area contributed by atoms with Gasteiger partial charge in [-0.05, 0) is 17.6 Å². The number of carbonyl (C=O) groups is 1. The van der Waals surface area contributed by atoms with Gasteiger partial charge >= 0.3 is 13.3 Å². The van der Waals surface area contributed by atoms with Crippen LogP contribution in [0.15, 0.2) is 18.2 Å². The Balaban J connectivity index is 3.11. The summed E-state index contributed by atoms with van der Waals surface area (Å²) in [5, 5.41) is 17.8. The van der Waals surface area contributed by atoms with Crippen LogP contribution in [0.3, 0.4) is 0 Å². The number of nitrogens with two attached hydrogens (primary N) is 1. The van der Waals surface area contributed by atoms with Gasteiger partial charge in [0.2, 0.25) is 0 Å². The summed E-state index contributed by atoms with van der Waals surface area (Å²) >= 11 is 0. The highest BCUT2D eigenvalue weighted by Crippen LogP contribution is 2.22. The second-order valence-corrected chi connectivity index (χ2v) is 3.44. The molecule has 0 radical (unpaired) electrons. The molecule has 0 spiro atoms. The van der Waals surface area contributed by atoms with Crippen molar-refractivity contribution in [2.45, 2.75) is 12.6 Å². The molecule has 0 bridgehead atoms. The van der Waals surface area contributed by atoms with Crippen molar-refractivity contribution in [1.82, 2.24) is 0 Å². The highest BCUT2D eigenvalue weighted by molar-refractivity contribution is 6.60. The molecule has 17 heavy (non-hydrogen) atoms. The molecule has 4 N–H and O–H groups in total. The minimum absolute atomic E-state index is 0.0694. The molecule has 1 aromatic carbocycles. The van der Waals surface area contributed by atoms with E-state index >= 15 is 0 Å². The van der Waals surface area contributed by atoms with Crippen molar-refractivity contribution in [3.63, 3.8) is 0 Å². The van der Waals surface area contributed by atoms with Crippen molar-refractivity contribution in [2.75, 3.05) is 5.73 Å². The van der Waals surface area contributed by atoms with Crippen molar-refractivity contribution in [1.29, 1.82) is 0 Å². The molecule has 0 amide bonds. The molecule has 0 saturated heterocycles. The standard InChI is InChI=1S/C9H9BF3NO3/c11-9(12,13)4-8(15)6-3-5(14)1-2-7(6)10(16)17/h1-3,16-17H,4,14H2. The molecule has 8 heteroatoms. The molecule has 0 aromatic heterocycles. The summed E-state index contributed by atoms with van der Waals surface area (Å²) in [5.74, 6) is -1.26. The fourth-order valence-electron chi connectivity index (χ4n) is 1.32. The summed E-state index contributed by atoms with van der Waals surface area (Å²) in [6.07, 6.45) is -6.32. The summed E-state index contributed by atoms with van der Waals surface area (Å²) < 4.78 is 36.1. The molecular formula is C9H9BF3NO3. The van der Waals surface area contributed by atoms with Crippen molar-refractivity contribution in [3.8, 4) is 0 Å². The highest BCUT2D eigenvalue weighted by Gasteiger charge is 2.33. The Hall–Kier alpha value is -1.54. The van der Waals surface area contributed by atoms with Crippen LogP contribution in [0, 0.1) is 0 Å².